The fraction of sp³-hybridized carbons (Fsp3) is 0.471. The third-order valence-corrected chi connectivity index (χ3v) is 4.66. The van der Waals surface area contributed by atoms with Crippen molar-refractivity contribution in [1.29, 1.82) is 0 Å². The molecule has 2 N–H and O–H groups in total. The van der Waals surface area contributed by atoms with Gasteiger partial charge in [0.1, 0.15) is 11.6 Å². The summed E-state index contributed by atoms with van der Waals surface area (Å²) in [7, 11) is 1.83. The predicted molar refractivity (Wildman–Crippen MR) is 83.4 cm³/mol. The quantitative estimate of drug-likeness (QED) is 0.903. The number of hydrogen-bond acceptors (Lipinski definition) is 2. The molecular weight excluding hydrogens is 265 g/mol. The van der Waals surface area contributed by atoms with Gasteiger partial charge in [-0.05, 0) is 24.8 Å². The zero-order valence-electron chi connectivity index (χ0n) is 12.6. The number of aryl methyl sites for hydroxylation is 1. The third-order valence-electron chi connectivity index (χ3n) is 4.66. The first-order valence-electron chi connectivity index (χ1n) is 7.65. The summed E-state index contributed by atoms with van der Waals surface area (Å²) in [5, 5.41) is 4.60. The van der Waals surface area contributed by atoms with Crippen LogP contribution in [0.1, 0.15) is 44.2 Å². The summed E-state index contributed by atoms with van der Waals surface area (Å²) >= 11 is 0. The summed E-state index contributed by atoms with van der Waals surface area (Å²) in [6.07, 6.45) is 4.63. The lowest BCUT2D eigenvalue weighted by atomic mass is 9.80. The van der Waals surface area contributed by atoms with Crippen LogP contribution in [-0.4, -0.2) is 9.78 Å². The number of nitrogens with zero attached hydrogens (tertiary/aromatic N) is 2. The Bertz CT molecular complexity index is 639. The van der Waals surface area contributed by atoms with Crippen LogP contribution in [0.2, 0.25) is 0 Å². The second kappa shape index (κ2) is 5.51. The molecule has 1 fully saturated rings. The Morgan fingerprint density at radius 3 is 2.52 bits per heavy atom. The van der Waals surface area contributed by atoms with Gasteiger partial charge in [0.05, 0.1) is 11.3 Å². The number of nitrogens with two attached hydrogens (primary N) is 1. The maximum atomic E-state index is 14.2. The zero-order chi connectivity index (χ0) is 15.0. The van der Waals surface area contributed by atoms with Gasteiger partial charge in [-0.15, -0.1) is 0 Å². The van der Waals surface area contributed by atoms with Gasteiger partial charge >= 0.3 is 0 Å². The largest absolute Gasteiger partial charge is 0.383 e. The zero-order valence-corrected chi connectivity index (χ0v) is 12.6. The van der Waals surface area contributed by atoms with Crippen molar-refractivity contribution in [1.82, 2.24) is 9.78 Å². The molecular formula is C17H22FN3. The van der Waals surface area contributed by atoms with Crippen molar-refractivity contribution >= 4 is 5.82 Å². The van der Waals surface area contributed by atoms with Crippen LogP contribution in [0.5, 0.6) is 0 Å². The Balaban J connectivity index is 2.06. The fourth-order valence-electron chi connectivity index (χ4n) is 3.32. The van der Waals surface area contributed by atoms with E-state index in [-0.39, 0.29) is 5.82 Å². The molecule has 1 aliphatic rings. The molecule has 0 aliphatic heterocycles. The summed E-state index contributed by atoms with van der Waals surface area (Å²) < 4.78 is 15.9. The topological polar surface area (TPSA) is 43.8 Å². The van der Waals surface area contributed by atoms with Crippen LogP contribution in [0.15, 0.2) is 24.3 Å². The van der Waals surface area contributed by atoms with Gasteiger partial charge in [-0.2, -0.15) is 5.10 Å². The summed E-state index contributed by atoms with van der Waals surface area (Å²) in [5.41, 5.74) is 8.49. The van der Waals surface area contributed by atoms with Crippen LogP contribution in [0.4, 0.5) is 10.2 Å². The Labute approximate surface area is 125 Å². The minimum atomic E-state index is -0.234. The van der Waals surface area contributed by atoms with E-state index in [4.69, 9.17) is 5.73 Å². The van der Waals surface area contributed by atoms with Gasteiger partial charge in [-0.3, -0.25) is 4.68 Å². The first-order valence-corrected chi connectivity index (χ1v) is 7.65. The standard InChI is InChI=1S/C17H22FN3/c1-11-7-9-12(10-8-11)16-15(17(19)21(2)20-16)13-5-3-4-6-14(13)18/h3-6,11-12H,7-10,19H2,1-2H3. The molecule has 1 aromatic heterocycles. The lowest BCUT2D eigenvalue weighted by Gasteiger charge is -2.25. The van der Waals surface area contributed by atoms with Gasteiger partial charge in [0.15, 0.2) is 0 Å². The molecule has 0 amide bonds. The van der Waals surface area contributed by atoms with E-state index in [2.05, 4.69) is 12.0 Å². The maximum Gasteiger partial charge on any atom is 0.131 e. The second-order valence-electron chi connectivity index (χ2n) is 6.21. The van der Waals surface area contributed by atoms with Crippen molar-refractivity contribution in [2.24, 2.45) is 13.0 Å². The number of nitrogen functional groups attached to an aromatic ring is 1. The molecule has 21 heavy (non-hydrogen) atoms. The third kappa shape index (κ3) is 2.55. The molecule has 1 aliphatic carbocycles. The van der Waals surface area contributed by atoms with E-state index in [0.29, 0.717) is 17.3 Å². The summed E-state index contributed by atoms with van der Waals surface area (Å²) in [6, 6.07) is 6.82. The van der Waals surface area contributed by atoms with Crippen molar-refractivity contribution in [2.75, 3.05) is 5.73 Å². The van der Waals surface area contributed by atoms with Crippen LogP contribution in [0, 0.1) is 11.7 Å². The number of hydrogen-bond donors (Lipinski definition) is 1. The molecule has 3 nitrogen and oxygen atoms in total. The molecule has 112 valence electrons. The van der Waals surface area contributed by atoms with E-state index >= 15 is 0 Å². The van der Waals surface area contributed by atoms with Gasteiger partial charge in [0.2, 0.25) is 0 Å². The normalized spacial score (nSPS) is 22.4. The van der Waals surface area contributed by atoms with E-state index in [1.54, 1.807) is 16.8 Å². The Morgan fingerprint density at radius 1 is 1.19 bits per heavy atom. The van der Waals surface area contributed by atoms with Crippen LogP contribution >= 0.6 is 0 Å². The Morgan fingerprint density at radius 2 is 1.86 bits per heavy atom. The maximum absolute atomic E-state index is 14.2. The summed E-state index contributed by atoms with van der Waals surface area (Å²) in [5.74, 6) is 1.48. The number of benzene rings is 1. The van der Waals surface area contributed by atoms with Crippen molar-refractivity contribution < 1.29 is 4.39 Å². The highest BCUT2D eigenvalue weighted by atomic mass is 19.1. The highest BCUT2D eigenvalue weighted by molar-refractivity contribution is 5.77. The molecule has 0 unspecified atom stereocenters. The summed E-state index contributed by atoms with van der Waals surface area (Å²) in [6.45, 7) is 2.29. The van der Waals surface area contributed by atoms with E-state index in [9.17, 15) is 4.39 Å². The van der Waals surface area contributed by atoms with Gasteiger partial charge in [-0.25, -0.2) is 4.39 Å². The second-order valence-corrected chi connectivity index (χ2v) is 6.21. The fourth-order valence-corrected chi connectivity index (χ4v) is 3.32. The van der Waals surface area contributed by atoms with E-state index < -0.39 is 0 Å². The van der Waals surface area contributed by atoms with Crippen molar-refractivity contribution in [3.63, 3.8) is 0 Å². The smallest absolute Gasteiger partial charge is 0.131 e. The minimum absolute atomic E-state index is 0.234. The number of rotatable bonds is 2. The minimum Gasteiger partial charge on any atom is -0.383 e. The molecule has 0 radical (unpaired) electrons. The molecule has 1 heterocycles. The average Bonchev–Trinajstić information content (AvgIpc) is 2.77. The lowest BCUT2D eigenvalue weighted by molar-refractivity contribution is 0.343. The van der Waals surface area contributed by atoms with Crippen molar-refractivity contribution in [2.45, 2.75) is 38.5 Å². The Kier molecular flexibility index (Phi) is 3.70. The molecule has 0 atom stereocenters. The highest BCUT2D eigenvalue weighted by Gasteiger charge is 2.27. The van der Waals surface area contributed by atoms with E-state index in [1.807, 2.05) is 13.1 Å². The van der Waals surface area contributed by atoms with E-state index in [1.165, 1.54) is 18.9 Å². The monoisotopic (exact) mass is 287 g/mol. The van der Waals surface area contributed by atoms with Crippen molar-refractivity contribution in [3.05, 3.63) is 35.8 Å². The lowest BCUT2D eigenvalue weighted by Crippen LogP contribution is -2.12. The number of anilines is 1. The van der Waals surface area contributed by atoms with E-state index in [0.717, 1.165) is 30.0 Å². The van der Waals surface area contributed by atoms with Gasteiger partial charge in [0.25, 0.3) is 0 Å². The van der Waals surface area contributed by atoms with Crippen molar-refractivity contribution in [3.8, 4) is 11.1 Å². The van der Waals surface area contributed by atoms with Crippen LogP contribution in [-0.2, 0) is 7.05 Å². The molecule has 0 spiro atoms. The first kappa shape index (κ1) is 14.1. The van der Waals surface area contributed by atoms with Crippen LogP contribution in [0.3, 0.4) is 0 Å². The van der Waals surface area contributed by atoms with Gasteiger partial charge < -0.3 is 5.73 Å². The Hall–Kier alpha value is -1.84. The van der Waals surface area contributed by atoms with Gasteiger partial charge in [-0.1, -0.05) is 38.0 Å². The van der Waals surface area contributed by atoms with Crippen LogP contribution < -0.4 is 5.73 Å². The predicted octanol–water partition coefficient (Wildman–Crippen LogP) is 4.10. The first-order chi connectivity index (χ1) is 10.1. The number of aromatic nitrogens is 2. The molecule has 1 saturated carbocycles. The molecule has 2 aromatic rings. The van der Waals surface area contributed by atoms with Gasteiger partial charge in [0, 0.05) is 18.5 Å². The highest BCUT2D eigenvalue weighted by Crippen LogP contribution is 2.41. The number of halogens is 1. The average molecular weight is 287 g/mol. The molecule has 0 bridgehead atoms. The molecule has 1 aromatic carbocycles. The molecule has 4 heteroatoms. The van der Waals surface area contributed by atoms with Crippen LogP contribution in [0.25, 0.3) is 11.1 Å². The summed E-state index contributed by atoms with van der Waals surface area (Å²) in [4.78, 5) is 0. The molecule has 0 saturated heterocycles. The molecule has 3 rings (SSSR count). The SMILES string of the molecule is CC1CCC(c2nn(C)c(N)c2-c2ccccc2F)CC1.